The summed E-state index contributed by atoms with van der Waals surface area (Å²) in [5.74, 6) is -0.0844. The Balaban J connectivity index is 1.73. The number of anilines is 2. The number of phenols is 1. The van der Waals surface area contributed by atoms with Crippen molar-refractivity contribution in [3.8, 4) is 5.75 Å². The van der Waals surface area contributed by atoms with Gasteiger partial charge in [-0.3, -0.25) is 4.79 Å². The molecule has 0 saturated carbocycles. The van der Waals surface area contributed by atoms with Crippen LogP contribution in [0.1, 0.15) is 27.0 Å². The Bertz CT molecular complexity index is 1590. The lowest BCUT2D eigenvalue weighted by atomic mass is 9.80. The van der Waals surface area contributed by atoms with Gasteiger partial charge in [0.25, 0.3) is 0 Å². The quantitative estimate of drug-likeness (QED) is 0.291. The summed E-state index contributed by atoms with van der Waals surface area (Å²) in [6.45, 7) is 0. The molecule has 1 aliphatic rings. The topological polar surface area (TPSA) is 61.7 Å². The zero-order valence-electron chi connectivity index (χ0n) is 18.2. The Labute approximate surface area is 196 Å². The van der Waals surface area contributed by atoms with Crippen LogP contribution in [-0.2, 0) is 0 Å². The molecule has 5 aromatic rings. The molecule has 5 aromatic carbocycles. The smallest absolute Gasteiger partial charge is 0.196 e. The van der Waals surface area contributed by atoms with Gasteiger partial charge >= 0.3 is 0 Å². The lowest BCUT2D eigenvalue weighted by Crippen LogP contribution is -2.23. The van der Waals surface area contributed by atoms with Crippen LogP contribution in [0, 0.1) is 0 Å². The average Bonchev–Trinajstić information content (AvgIpc) is 2.89. The molecule has 162 valence electrons. The molecule has 0 atom stereocenters. The lowest BCUT2D eigenvalue weighted by Gasteiger charge is -2.26. The Morgan fingerprint density at radius 3 is 1.94 bits per heavy atom. The number of carbonyl (C=O) groups is 1. The van der Waals surface area contributed by atoms with Crippen LogP contribution in [0.5, 0.6) is 5.75 Å². The normalized spacial score (nSPS) is 13.5. The number of phenolic OH excluding ortho intramolecular Hbond substituents is 1. The predicted molar refractivity (Wildman–Crippen MR) is 137 cm³/mol. The number of nitrogens with one attached hydrogen (secondary N) is 1. The van der Waals surface area contributed by atoms with Crippen molar-refractivity contribution in [2.75, 3.05) is 5.32 Å². The SMILES string of the molecule is O=C1c2ccccc2C(=Nc2ccccc2)c2c1c(Nc1ccccc1)c1ccccc1c2O. The summed E-state index contributed by atoms with van der Waals surface area (Å²) in [4.78, 5) is 18.8. The molecule has 4 heteroatoms. The minimum absolute atomic E-state index is 0.0572. The van der Waals surface area contributed by atoms with Crippen molar-refractivity contribution in [2.45, 2.75) is 0 Å². The van der Waals surface area contributed by atoms with Crippen molar-refractivity contribution < 1.29 is 9.90 Å². The Kier molecular flexibility index (Phi) is 4.70. The second-order valence-electron chi connectivity index (χ2n) is 8.18. The summed E-state index contributed by atoms with van der Waals surface area (Å²) in [5.41, 5.74) is 4.99. The molecule has 34 heavy (non-hydrogen) atoms. The van der Waals surface area contributed by atoms with Crippen LogP contribution in [-0.4, -0.2) is 16.6 Å². The number of carbonyl (C=O) groups excluding carboxylic acids is 1. The van der Waals surface area contributed by atoms with Gasteiger partial charge in [0.15, 0.2) is 5.78 Å². The van der Waals surface area contributed by atoms with Gasteiger partial charge < -0.3 is 10.4 Å². The number of fused-ring (bicyclic) bond motifs is 3. The predicted octanol–water partition coefficient (Wildman–Crippen LogP) is 7.00. The van der Waals surface area contributed by atoms with Crippen LogP contribution < -0.4 is 5.32 Å². The Morgan fingerprint density at radius 1 is 0.618 bits per heavy atom. The third kappa shape index (κ3) is 3.16. The van der Waals surface area contributed by atoms with Crippen LogP contribution in [0.4, 0.5) is 17.1 Å². The highest BCUT2D eigenvalue weighted by Gasteiger charge is 2.34. The number of para-hydroxylation sites is 2. The monoisotopic (exact) mass is 440 g/mol. The molecule has 0 fully saturated rings. The molecule has 0 unspecified atom stereocenters. The highest BCUT2D eigenvalue weighted by atomic mass is 16.3. The molecular weight excluding hydrogens is 420 g/mol. The highest BCUT2D eigenvalue weighted by molar-refractivity contribution is 6.35. The third-order valence-corrected chi connectivity index (χ3v) is 6.12. The zero-order valence-corrected chi connectivity index (χ0v) is 18.2. The fourth-order valence-electron chi connectivity index (χ4n) is 4.58. The van der Waals surface area contributed by atoms with Gasteiger partial charge in [0.05, 0.1) is 28.2 Å². The lowest BCUT2D eigenvalue weighted by molar-refractivity contribution is 0.103. The molecule has 0 bridgehead atoms. The molecule has 0 saturated heterocycles. The Hall–Kier alpha value is -4.70. The standard InChI is InChI=1S/C30H20N2O2/c33-29-24-18-10-8-16-22(24)28(32-20-13-5-2-6-14-20)26-25(29)27(31-19-11-3-1-4-12-19)21-15-7-9-17-23(21)30(26)34/h1-18,31,34H. The molecule has 1 aliphatic carbocycles. The number of hydrogen-bond acceptors (Lipinski definition) is 4. The van der Waals surface area contributed by atoms with Crippen molar-refractivity contribution in [2.24, 2.45) is 4.99 Å². The minimum atomic E-state index is -0.142. The number of benzene rings is 5. The fourth-order valence-corrected chi connectivity index (χ4v) is 4.58. The average molecular weight is 441 g/mol. The van der Waals surface area contributed by atoms with E-state index in [1.165, 1.54) is 0 Å². The summed E-state index contributed by atoms with van der Waals surface area (Å²) in [7, 11) is 0. The number of hydrogen-bond donors (Lipinski definition) is 2. The number of ketones is 1. The molecule has 2 N–H and O–H groups in total. The van der Waals surface area contributed by atoms with Crippen LogP contribution in [0.3, 0.4) is 0 Å². The summed E-state index contributed by atoms with van der Waals surface area (Å²) >= 11 is 0. The minimum Gasteiger partial charge on any atom is -0.507 e. The van der Waals surface area contributed by atoms with Crippen molar-refractivity contribution in [1.29, 1.82) is 0 Å². The summed E-state index contributed by atoms with van der Waals surface area (Å²) in [6, 6.07) is 34.3. The van der Waals surface area contributed by atoms with Gasteiger partial charge in [-0.15, -0.1) is 0 Å². The van der Waals surface area contributed by atoms with Gasteiger partial charge in [0.2, 0.25) is 0 Å². The molecule has 0 spiro atoms. The second kappa shape index (κ2) is 8.01. The maximum atomic E-state index is 13.9. The van der Waals surface area contributed by atoms with Crippen LogP contribution in [0.15, 0.2) is 114 Å². The van der Waals surface area contributed by atoms with E-state index in [1.807, 2.05) is 109 Å². The number of rotatable bonds is 3. The summed E-state index contributed by atoms with van der Waals surface area (Å²) in [6.07, 6.45) is 0. The molecule has 0 amide bonds. The van der Waals surface area contributed by atoms with E-state index in [2.05, 4.69) is 5.32 Å². The van der Waals surface area contributed by atoms with Crippen molar-refractivity contribution in [3.63, 3.8) is 0 Å². The fraction of sp³-hybridized carbons (Fsp3) is 0. The molecule has 0 radical (unpaired) electrons. The first-order valence-corrected chi connectivity index (χ1v) is 11.1. The molecular formula is C30H20N2O2. The van der Waals surface area contributed by atoms with Crippen molar-refractivity contribution >= 4 is 39.3 Å². The summed E-state index contributed by atoms with van der Waals surface area (Å²) < 4.78 is 0. The Morgan fingerprint density at radius 2 is 1.21 bits per heavy atom. The van der Waals surface area contributed by atoms with E-state index in [0.717, 1.165) is 16.8 Å². The van der Waals surface area contributed by atoms with Gasteiger partial charge in [-0.25, -0.2) is 4.99 Å². The summed E-state index contributed by atoms with van der Waals surface area (Å²) in [5, 5.41) is 16.4. The van der Waals surface area contributed by atoms with Crippen LogP contribution in [0.2, 0.25) is 0 Å². The maximum Gasteiger partial charge on any atom is 0.196 e. The molecule has 0 aromatic heterocycles. The second-order valence-corrected chi connectivity index (χ2v) is 8.18. The van der Waals surface area contributed by atoms with Gasteiger partial charge in [0, 0.05) is 27.6 Å². The van der Waals surface area contributed by atoms with E-state index >= 15 is 0 Å². The first-order chi connectivity index (χ1) is 16.7. The molecule has 6 rings (SSSR count). The number of aromatic hydroxyl groups is 1. The van der Waals surface area contributed by atoms with Crippen LogP contribution >= 0.6 is 0 Å². The molecule has 0 heterocycles. The van der Waals surface area contributed by atoms with E-state index < -0.39 is 0 Å². The first kappa shape index (κ1) is 19.9. The van der Waals surface area contributed by atoms with Gasteiger partial charge in [-0.1, -0.05) is 84.9 Å². The first-order valence-electron chi connectivity index (χ1n) is 11.1. The van der Waals surface area contributed by atoms with Gasteiger partial charge in [-0.2, -0.15) is 0 Å². The molecule has 4 nitrogen and oxygen atoms in total. The van der Waals surface area contributed by atoms with Crippen molar-refractivity contribution in [3.05, 3.63) is 131 Å². The van der Waals surface area contributed by atoms with E-state index in [1.54, 1.807) is 0 Å². The van der Waals surface area contributed by atoms with E-state index in [0.29, 0.717) is 39.0 Å². The number of nitrogens with zero attached hydrogens (tertiary/aromatic N) is 1. The number of aliphatic imine (C=N–C) groups is 1. The molecule has 0 aliphatic heterocycles. The van der Waals surface area contributed by atoms with Gasteiger partial charge in [-0.05, 0) is 24.3 Å². The highest BCUT2D eigenvalue weighted by Crippen LogP contribution is 2.45. The van der Waals surface area contributed by atoms with E-state index in [-0.39, 0.29) is 11.5 Å². The maximum absolute atomic E-state index is 13.9. The van der Waals surface area contributed by atoms with Crippen LogP contribution in [0.25, 0.3) is 10.8 Å². The van der Waals surface area contributed by atoms with Gasteiger partial charge in [0.1, 0.15) is 5.75 Å². The van der Waals surface area contributed by atoms with E-state index in [4.69, 9.17) is 4.99 Å². The van der Waals surface area contributed by atoms with Crippen molar-refractivity contribution in [1.82, 2.24) is 0 Å². The van der Waals surface area contributed by atoms with E-state index in [9.17, 15) is 9.90 Å². The largest absolute Gasteiger partial charge is 0.507 e. The third-order valence-electron chi connectivity index (χ3n) is 6.12. The zero-order chi connectivity index (χ0) is 23.1.